The minimum atomic E-state index is 1.05. The number of halogens is 1. The van der Waals surface area contributed by atoms with Crippen molar-refractivity contribution in [3.05, 3.63) is 33.8 Å². The Labute approximate surface area is 78.4 Å². The highest BCUT2D eigenvalue weighted by Crippen LogP contribution is 2.10. The summed E-state index contributed by atoms with van der Waals surface area (Å²) in [5.41, 5.74) is 2.27. The number of fused-ring (bicyclic) bond motifs is 1. The van der Waals surface area contributed by atoms with Crippen LogP contribution < -0.4 is 0 Å². The summed E-state index contributed by atoms with van der Waals surface area (Å²) >= 11 is 2.25. The Hall–Kier alpha value is -0.580. The molecule has 0 unspecified atom stereocenters. The molecule has 2 aromatic rings. The molecule has 2 rings (SSSR count). The van der Waals surface area contributed by atoms with Crippen molar-refractivity contribution in [2.24, 2.45) is 0 Å². The maximum absolute atomic E-state index is 4.30. The predicted molar refractivity (Wildman–Crippen MR) is 52.6 cm³/mol. The van der Waals surface area contributed by atoms with E-state index in [0.29, 0.717) is 0 Å². The van der Waals surface area contributed by atoms with Crippen molar-refractivity contribution < 1.29 is 0 Å². The topological polar surface area (TPSA) is 17.3 Å². The van der Waals surface area contributed by atoms with E-state index in [1.165, 1.54) is 5.56 Å². The van der Waals surface area contributed by atoms with Crippen molar-refractivity contribution in [1.29, 1.82) is 0 Å². The molecule has 0 fully saturated rings. The molecule has 0 saturated carbocycles. The van der Waals surface area contributed by atoms with Gasteiger partial charge in [0.2, 0.25) is 0 Å². The van der Waals surface area contributed by atoms with Crippen LogP contribution in [0.25, 0.3) is 5.65 Å². The predicted octanol–water partition coefficient (Wildman–Crippen LogP) is 2.25. The van der Waals surface area contributed by atoms with E-state index in [0.717, 1.165) is 9.22 Å². The zero-order valence-corrected chi connectivity index (χ0v) is 8.24. The molecular weight excluding hydrogens is 251 g/mol. The summed E-state index contributed by atoms with van der Waals surface area (Å²) in [4.78, 5) is 4.30. The molecule has 2 heterocycles. The van der Waals surface area contributed by atoms with Crippen LogP contribution in [-0.4, -0.2) is 9.38 Å². The van der Waals surface area contributed by atoms with Crippen molar-refractivity contribution in [2.75, 3.05) is 0 Å². The quantitative estimate of drug-likeness (QED) is 0.662. The Morgan fingerprint density at radius 1 is 1.55 bits per heavy atom. The van der Waals surface area contributed by atoms with E-state index in [4.69, 9.17) is 0 Å². The summed E-state index contributed by atoms with van der Waals surface area (Å²) in [6, 6.07) is 2.07. The SMILES string of the molecule is Cc1ccn2cc(I)cnc12. The maximum Gasteiger partial charge on any atom is 0.139 e. The summed E-state index contributed by atoms with van der Waals surface area (Å²) in [5.74, 6) is 0. The van der Waals surface area contributed by atoms with Crippen LogP contribution >= 0.6 is 22.6 Å². The van der Waals surface area contributed by atoms with E-state index in [9.17, 15) is 0 Å². The van der Waals surface area contributed by atoms with E-state index < -0.39 is 0 Å². The molecule has 0 aromatic carbocycles. The highest BCUT2D eigenvalue weighted by molar-refractivity contribution is 14.1. The van der Waals surface area contributed by atoms with Crippen molar-refractivity contribution in [2.45, 2.75) is 6.92 Å². The van der Waals surface area contributed by atoms with Crippen LogP contribution in [0, 0.1) is 10.5 Å². The third-order valence-electron chi connectivity index (χ3n) is 1.65. The second-order valence-electron chi connectivity index (χ2n) is 2.50. The number of nitrogens with zero attached hydrogens (tertiary/aromatic N) is 2. The lowest BCUT2D eigenvalue weighted by molar-refractivity contribution is 1.11. The van der Waals surface area contributed by atoms with Gasteiger partial charge in [0, 0.05) is 22.2 Å². The molecule has 0 N–H and O–H groups in total. The van der Waals surface area contributed by atoms with Crippen molar-refractivity contribution in [3.8, 4) is 0 Å². The molecule has 56 valence electrons. The third-order valence-corrected chi connectivity index (χ3v) is 2.21. The van der Waals surface area contributed by atoms with Gasteiger partial charge < -0.3 is 4.40 Å². The fraction of sp³-hybridized carbons (Fsp3) is 0.125. The Morgan fingerprint density at radius 3 is 3.18 bits per heavy atom. The number of hydrogen-bond acceptors (Lipinski definition) is 1. The molecule has 0 atom stereocenters. The van der Waals surface area contributed by atoms with Crippen LogP contribution in [0.4, 0.5) is 0 Å². The van der Waals surface area contributed by atoms with Gasteiger partial charge in [-0.15, -0.1) is 0 Å². The molecule has 2 aromatic heterocycles. The van der Waals surface area contributed by atoms with Crippen LogP contribution in [0.15, 0.2) is 24.7 Å². The number of aryl methyl sites for hydroxylation is 1. The summed E-state index contributed by atoms with van der Waals surface area (Å²) in [7, 11) is 0. The zero-order valence-electron chi connectivity index (χ0n) is 6.08. The van der Waals surface area contributed by atoms with Gasteiger partial charge in [-0.2, -0.15) is 0 Å². The van der Waals surface area contributed by atoms with Gasteiger partial charge >= 0.3 is 0 Å². The minimum Gasteiger partial charge on any atom is -0.307 e. The van der Waals surface area contributed by atoms with Crippen molar-refractivity contribution in [3.63, 3.8) is 0 Å². The molecule has 11 heavy (non-hydrogen) atoms. The molecule has 0 saturated heterocycles. The first-order valence-electron chi connectivity index (χ1n) is 3.36. The van der Waals surface area contributed by atoms with Crippen LogP contribution in [-0.2, 0) is 0 Å². The Morgan fingerprint density at radius 2 is 2.36 bits per heavy atom. The van der Waals surface area contributed by atoms with E-state index in [1.54, 1.807) is 0 Å². The minimum absolute atomic E-state index is 1.05. The van der Waals surface area contributed by atoms with Gasteiger partial charge in [0.05, 0.1) is 0 Å². The van der Waals surface area contributed by atoms with Gasteiger partial charge in [0.1, 0.15) is 5.65 Å². The highest BCUT2D eigenvalue weighted by atomic mass is 127. The Bertz CT molecular complexity index is 392. The fourth-order valence-corrected chi connectivity index (χ4v) is 1.54. The van der Waals surface area contributed by atoms with E-state index in [2.05, 4.69) is 46.8 Å². The summed E-state index contributed by atoms with van der Waals surface area (Å²) < 4.78 is 3.20. The zero-order chi connectivity index (χ0) is 7.84. The molecule has 0 spiro atoms. The average Bonchev–Trinajstić information content (AvgIpc) is 2.32. The first-order chi connectivity index (χ1) is 5.27. The molecule has 3 heteroatoms. The standard InChI is InChI=1S/C8H7IN2/c1-6-2-3-11-5-7(9)4-10-8(6)11/h2-5H,1H3. The largest absolute Gasteiger partial charge is 0.307 e. The maximum atomic E-state index is 4.30. The molecular formula is C8H7IN2. The second-order valence-corrected chi connectivity index (χ2v) is 3.75. The summed E-state index contributed by atoms with van der Waals surface area (Å²) in [6.45, 7) is 2.06. The smallest absolute Gasteiger partial charge is 0.139 e. The number of aromatic nitrogens is 2. The molecule has 0 radical (unpaired) electrons. The number of hydrogen-bond donors (Lipinski definition) is 0. The third kappa shape index (κ3) is 1.13. The first-order valence-corrected chi connectivity index (χ1v) is 4.44. The molecule has 0 aliphatic heterocycles. The molecule has 0 amide bonds. The Balaban J connectivity index is 2.86. The average molecular weight is 258 g/mol. The van der Waals surface area contributed by atoms with Crippen LogP contribution in [0.1, 0.15) is 5.56 Å². The van der Waals surface area contributed by atoms with Crippen molar-refractivity contribution in [1.82, 2.24) is 9.38 Å². The molecule has 0 aliphatic carbocycles. The molecule has 2 nitrogen and oxygen atoms in total. The highest BCUT2D eigenvalue weighted by Gasteiger charge is 1.97. The lowest BCUT2D eigenvalue weighted by atomic mass is 10.4. The number of rotatable bonds is 0. The normalized spacial score (nSPS) is 10.7. The lowest BCUT2D eigenvalue weighted by Gasteiger charge is -1.94. The van der Waals surface area contributed by atoms with Gasteiger partial charge in [0.25, 0.3) is 0 Å². The van der Waals surface area contributed by atoms with Gasteiger partial charge in [-0.1, -0.05) is 0 Å². The van der Waals surface area contributed by atoms with Crippen LogP contribution in [0.3, 0.4) is 0 Å². The molecule has 0 bridgehead atoms. The van der Waals surface area contributed by atoms with E-state index in [1.807, 2.05) is 16.8 Å². The van der Waals surface area contributed by atoms with Gasteiger partial charge in [-0.05, 0) is 41.1 Å². The van der Waals surface area contributed by atoms with Crippen LogP contribution in [0.2, 0.25) is 0 Å². The van der Waals surface area contributed by atoms with E-state index in [-0.39, 0.29) is 0 Å². The first kappa shape index (κ1) is 7.09. The lowest BCUT2D eigenvalue weighted by Crippen LogP contribution is -1.87. The fourth-order valence-electron chi connectivity index (χ4n) is 1.10. The van der Waals surface area contributed by atoms with Gasteiger partial charge in [-0.25, -0.2) is 4.98 Å². The van der Waals surface area contributed by atoms with E-state index >= 15 is 0 Å². The van der Waals surface area contributed by atoms with Crippen LogP contribution in [0.5, 0.6) is 0 Å². The van der Waals surface area contributed by atoms with Gasteiger partial charge in [-0.3, -0.25) is 0 Å². The van der Waals surface area contributed by atoms with Crippen molar-refractivity contribution >= 4 is 28.2 Å². The Kier molecular flexibility index (Phi) is 1.60. The monoisotopic (exact) mass is 258 g/mol. The second kappa shape index (κ2) is 2.48. The molecule has 0 aliphatic rings. The summed E-state index contributed by atoms with van der Waals surface area (Å²) in [6.07, 6.45) is 5.97. The summed E-state index contributed by atoms with van der Waals surface area (Å²) in [5, 5.41) is 0. The van der Waals surface area contributed by atoms with Gasteiger partial charge in [0.15, 0.2) is 0 Å².